The number of carboxylic acids is 2. The first-order chi connectivity index (χ1) is 8.63. The molecule has 5 nitrogen and oxygen atoms in total. The second-order valence-corrected chi connectivity index (χ2v) is 5.33. The lowest BCUT2D eigenvalue weighted by Gasteiger charge is -2.23. The van der Waals surface area contributed by atoms with Gasteiger partial charge in [-0.3, -0.25) is 9.59 Å². The van der Waals surface area contributed by atoms with Crippen LogP contribution in [0.4, 0.5) is 0 Å². The van der Waals surface area contributed by atoms with Gasteiger partial charge in [0, 0.05) is 5.56 Å². The quantitative estimate of drug-likeness (QED) is 0.643. The van der Waals surface area contributed by atoms with E-state index in [2.05, 4.69) is 51.5 Å². The molecule has 5 heteroatoms. The van der Waals surface area contributed by atoms with E-state index < -0.39 is 17.9 Å². The van der Waals surface area contributed by atoms with Crippen molar-refractivity contribution in [2.75, 3.05) is 21.1 Å². The molecule has 0 atom stereocenters. The van der Waals surface area contributed by atoms with Crippen LogP contribution in [0.25, 0.3) is 0 Å². The van der Waals surface area contributed by atoms with Crippen LogP contribution < -0.4 is 0 Å². The smallest absolute Gasteiger partial charge is 0.317 e. The highest BCUT2D eigenvalue weighted by molar-refractivity contribution is 5.92. The zero-order valence-corrected chi connectivity index (χ0v) is 11.8. The van der Waals surface area contributed by atoms with Gasteiger partial charge in [-0.1, -0.05) is 30.3 Å². The van der Waals surface area contributed by atoms with Gasteiger partial charge in [0.2, 0.25) is 0 Å². The molecule has 0 aliphatic heterocycles. The van der Waals surface area contributed by atoms with Crippen molar-refractivity contribution in [2.45, 2.75) is 13.5 Å². The average molecular weight is 268 g/mol. The Morgan fingerprint density at radius 1 is 1.05 bits per heavy atom. The lowest BCUT2D eigenvalue weighted by atomic mass is 10.2. The van der Waals surface area contributed by atoms with E-state index in [-0.39, 0.29) is 0 Å². The van der Waals surface area contributed by atoms with E-state index >= 15 is 0 Å². The number of hydrogen-bond donors (Lipinski definition) is 2. The summed E-state index contributed by atoms with van der Waals surface area (Å²) in [5.74, 6) is -3.91. The molecule has 0 saturated carbocycles. The molecule has 1 aromatic rings. The number of benzene rings is 1. The number of nitrogens with zero attached hydrogens (tertiary/aromatic N) is 1. The summed E-state index contributed by atoms with van der Waals surface area (Å²) in [5, 5.41) is 15.9. The number of aliphatic carboxylic acids is 2. The molecule has 0 aromatic heterocycles. The Hall–Kier alpha value is -1.88. The Balaban J connectivity index is 0.000000362. The molecule has 1 rings (SSSR count). The molecule has 0 bridgehead atoms. The highest BCUT2D eigenvalue weighted by Gasteiger charge is 2.18. The van der Waals surface area contributed by atoms with Crippen molar-refractivity contribution in [3.63, 3.8) is 0 Å². The van der Waals surface area contributed by atoms with E-state index in [4.69, 9.17) is 10.2 Å². The Kier molecular flexibility index (Phi) is 6.79. The maximum absolute atomic E-state index is 9.76. The lowest BCUT2D eigenvalue weighted by molar-refractivity contribution is -0.884. The summed E-state index contributed by atoms with van der Waals surface area (Å²) in [6.45, 7) is 2.21. The van der Waals surface area contributed by atoms with Crippen molar-refractivity contribution in [2.24, 2.45) is 5.92 Å². The van der Waals surface area contributed by atoms with Crippen LogP contribution in [0.5, 0.6) is 0 Å². The zero-order valence-electron chi connectivity index (χ0n) is 11.8. The molecule has 0 spiro atoms. The molecule has 0 fully saturated rings. The lowest BCUT2D eigenvalue weighted by Crippen LogP contribution is -2.33. The molecular formula is C14H22NO4+. The van der Waals surface area contributed by atoms with E-state index in [9.17, 15) is 9.59 Å². The van der Waals surface area contributed by atoms with Crippen molar-refractivity contribution in [3.05, 3.63) is 35.9 Å². The summed E-state index contributed by atoms with van der Waals surface area (Å²) in [6.07, 6.45) is 0. The third-order valence-corrected chi connectivity index (χ3v) is 2.24. The minimum absolute atomic E-state index is 0.990. The summed E-state index contributed by atoms with van der Waals surface area (Å²) in [6, 6.07) is 10.6. The second kappa shape index (κ2) is 7.53. The number of carboxylic acid groups (broad SMARTS) is 2. The predicted octanol–water partition coefficient (Wildman–Crippen LogP) is 1.68. The monoisotopic (exact) mass is 268 g/mol. The number of hydrogen-bond acceptors (Lipinski definition) is 2. The van der Waals surface area contributed by atoms with Gasteiger partial charge in [-0.05, 0) is 6.92 Å². The summed E-state index contributed by atoms with van der Waals surface area (Å²) in [5.41, 5.74) is 1.40. The van der Waals surface area contributed by atoms with Gasteiger partial charge in [0.05, 0.1) is 21.1 Å². The van der Waals surface area contributed by atoms with Gasteiger partial charge >= 0.3 is 11.9 Å². The molecule has 2 N–H and O–H groups in total. The van der Waals surface area contributed by atoms with Gasteiger partial charge in [0.15, 0.2) is 5.92 Å². The van der Waals surface area contributed by atoms with Gasteiger partial charge in [-0.2, -0.15) is 0 Å². The molecule has 0 saturated heterocycles. The predicted molar refractivity (Wildman–Crippen MR) is 72.6 cm³/mol. The van der Waals surface area contributed by atoms with Crippen LogP contribution in [-0.2, 0) is 16.1 Å². The van der Waals surface area contributed by atoms with E-state index in [1.54, 1.807) is 0 Å². The fourth-order valence-corrected chi connectivity index (χ4v) is 1.24. The highest BCUT2D eigenvalue weighted by atomic mass is 16.4. The summed E-state index contributed by atoms with van der Waals surface area (Å²) >= 11 is 0. The maximum Gasteiger partial charge on any atom is 0.317 e. The fourth-order valence-electron chi connectivity index (χ4n) is 1.24. The number of rotatable bonds is 4. The maximum atomic E-state index is 9.76. The van der Waals surface area contributed by atoms with Crippen LogP contribution in [0.2, 0.25) is 0 Å². The topological polar surface area (TPSA) is 74.6 Å². The Bertz CT molecular complexity index is 395. The largest absolute Gasteiger partial charge is 0.481 e. The molecule has 0 heterocycles. The van der Waals surface area contributed by atoms with Crippen molar-refractivity contribution in [1.82, 2.24) is 0 Å². The van der Waals surface area contributed by atoms with Gasteiger partial charge in [-0.25, -0.2) is 0 Å². The average Bonchev–Trinajstić information content (AvgIpc) is 2.27. The third-order valence-electron chi connectivity index (χ3n) is 2.24. The molecule has 1 aromatic carbocycles. The van der Waals surface area contributed by atoms with Crippen LogP contribution in [0.3, 0.4) is 0 Å². The second-order valence-electron chi connectivity index (χ2n) is 5.33. The first-order valence-electron chi connectivity index (χ1n) is 5.93. The minimum atomic E-state index is -1.31. The van der Waals surface area contributed by atoms with Crippen molar-refractivity contribution >= 4 is 11.9 Å². The summed E-state index contributed by atoms with van der Waals surface area (Å²) < 4.78 is 0.990. The third kappa shape index (κ3) is 8.79. The standard InChI is InChI=1S/C10H16N.C4H6O4/c1-11(2,3)9-10-7-5-4-6-8-10;1-2(3(5)6)4(7)8/h4-8H,9H2,1-3H3;2H,1H3,(H,5,6)(H,7,8)/q+1;. The van der Waals surface area contributed by atoms with E-state index in [0.29, 0.717) is 0 Å². The first-order valence-corrected chi connectivity index (χ1v) is 5.93. The molecule has 106 valence electrons. The van der Waals surface area contributed by atoms with Gasteiger partial charge in [0.1, 0.15) is 6.54 Å². The van der Waals surface area contributed by atoms with Gasteiger partial charge < -0.3 is 14.7 Å². The van der Waals surface area contributed by atoms with E-state index in [1.807, 2.05) is 0 Å². The fraction of sp³-hybridized carbons (Fsp3) is 0.429. The van der Waals surface area contributed by atoms with Crippen molar-refractivity contribution in [1.29, 1.82) is 0 Å². The molecule has 0 aliphatic carbocycles. The molecule has 0 amide bonds. The van der Waals surface area contributed by atoms with Gasteiger partial charge in [-0.15, -0.1) is 0 Å². The van der Waals surface area contributed by atoms with Crippen LogP contribution in [0.1, 0.15) is 12.5 Å². The molecule has 0 radical (unpaired) electrons. The summed E-state index contributed by atoms with van der Waals surface area (Å²) in [4.78, 5) is 19.5. The normalized spacial score (nSPS) is 10.6. The van der Waals surface area contributed by atoms with Crippen LogP contribution in [0.15, 0.2) is 30.3 Å². The molecular weight excluding hydrogens is 246 g/mol. The van der Waals surface area contributed by atoms with Gasteiger partial charge in [0.25, 0.3) is 0 Å². The van der Waals surface area contributed by atoms with Crippen LogP contribution >= 0.6 is 0 Å². The van der Waals surface area contributed by atoms with Crippen molar-refractivity contribution in [3.8, 4) is 0 Å². The molecule has 19 heavy (non-hydrogen) atoms. The summed E-state index contributed by atoms with van der Waals surface area (Å²) in [7, 11) is 6.60. The SMILES string of the molecule is CC(C(=O)O)C(=O)O.C[N+](C)(C)Cc1ccccc1. The van der Waals surface area contributed by atoms with E-state index in [0.717, 1.165) is 18.0 Å². The zero-order chi connectivity index (χ0) is 15.1. The van der Waals surface area contributed by atoms with Crippen LogP contribution in [-0.4, -0.2) is 47.8 Å². The minimum Gasteiger partial charge on any atom is -0.481 e. The Morgan fingerprint density at radius 3 is 1.74 bits per heavy atom. The number of quaternary nitrogens is 1. The molecule has 0 aliphatic rings. The number of carbonyl (C=O) groups is 2. The highest BCUT2D eigenvalue weighted by Crippen LogP contribution is 2.05. The molecule has 0 unspecified atom stereocenters. The Morgan fingerprint density at radius 2 is 1.47 bits per heavy atom. The van der Waals surface area contributed by atoms with E-state index in [1.165, 1.54) is 5.56 Å². The first kappa shape index (κ1) is 17.1. The Labute approximate surface area is 113 Å². The van der Waals surface area contributed by atoms with Crippen LogP contribution in [0, 0.1) is 5.92 Å². The van der Waals surface area contributed by atoms with Crippen molar-refractivity contribution < 1.29 is 24.3 Å².